The number of aliphatic hydroxyl groups is 7. The van der Waals surface area contributed by atoms with Crippen molar-refractivity contribution < 1.29 is 69.0 Å². The van der Waals surface area contributed by atoms with Crippen molar-refractivity contribution in [3.63, 3.8) is 0 Å². The fourth-order valence-electron chi connectivity index (χ4n) is 8.58. The molecule has 0 aromatic carbocycles. The summed E-state index contributed by atoms with van der Waals surface area (Å²) in [5.41, 5.74) is 0. The zero-order chi connectivity index (χ0) is 46.6. The lowest BCUT2D eigenvalue weighted by molar-refractivity contribution is -0.332. The predicted molar refractivity (Wildman–Crippen MR) is 248 cm³/mol. The fourth-order valence-corrected chi connectivity index (χ4v) is 8.58. The molecule has 7 N–H and O–H groups in total. The monoisotopic (exact) mass is 921 g/mol. The van der Waals surface area contributed by atoms with E-state index in [-0.39, 0.29) is 25.6 Å². The third kappa shape index (κ3) is 26.5. The van der Waals surface area contributed by atoms with Crippen LogP contribution in [0.5, 0.6) is 0 Å². The molecule has 0 saturated carbocycles. The van der Waals surface area contributed by atoms with Crippen LogP contribution in [0.2, 0.25) is 0 Å². The van der Waals surface area contributed by atoms with Gasteiger partial charge in [-0.15, -0.1) is 0 Å². The second-order valence-electron chi connectivity index (χ2n) is 18.7. The van der Waals surface area contributed by atoms with E-state index in [2.05, 4.69) is 13.8 Å². The molecule has 2 aliphatic heterocycles. The first-order valence-corrected chi connectivity index (χ1v) is 26.1. The van der Waals surface area contributed by atoms with Gasteiger partial charge in [0.2, 0.25) is 0 Å². The second kappa shape index (κ2) is 38.9. The summed E-state index contributed by atoms with van der Waals surface area (Å²) in [6.45, 7) is 3.73. The molecule has 0 aromatic heterocycles. The van der Waals surface area contributed by atoms with Crippen LogP contribution in [0.1, 0.15) is 213 Å². The van der Waals surface area contributed by atoms with Gasteiger partial charge in [-0.05, 0) is 12.8 Å². The normalized spacial score (nSPS) is 26.6. The van der Waals surface area contributed by atoms with E-state index in [1.165, 1.54) is 148 Å². The molecule has 0 aliphatic carbocycles. The number of esters is 1. The maximum absolute atomic E-state index is 13.0. The number of carbonyl (C=O) groups is 1. The van der Waals surface area contributed by atoms with Gasteiger partial charge >= 0.3 is 5.97 Å². The van der Waals surface area contributed by atoms with Crippen LogP contribution in [0.25, 0.3) is 0 Å². The van der Waals surface area contributed by atoms with E-state index in [1.807, 2.05) is 0 Å². The van der Waals surface area contributed by atoms with Gasteiger partial charge in [0.25, 0.3) is 0 Å². The Balaban J connectivity index is 1.76. The molecule has 2 heterocycles. The summed E-state index contributed by atoms with van der Waals surface area (Å²) in [5.74, 6) is -0.370. The maximum Gasteiger partial charge on any atom is 0.306 e. The summed E-state index contributed by atoms with van der Waals surface area (Å²) in [7, 11) is 0. The molecule has 2 saturated heterocycles. The molecule has 0 spiro atoms. The molecule has 0 aromatic rings. The van der Waals surface area contributed by atoms with Crippen LogP contribution >= 0.6 is 0 Å². The number of rotatable bonds is 42. The Morgan fingerprint density at radius 3 is 1.27 bits per heavy atom. The summed E-state index contributed by atoms with van der Waals surface area (Å²) in [5, 5.41) is 72.1. The van der Waals surface area contributed by atoms with E-state index >= 15 is 0 Å². The molecular weight excluding hydrogens is 825 g/mol. The predicted octanol–water partition coefficient (Wildman–Crippen LogP) is 7.69. The highest BCUT2D eigenvalue weighted by Gasteiger charge is 2.47. The standard InChI is InChI=1S/C50H96O14/c1-3-5-7-9-11-13-15-17-19-20-21-23-25-27-29-31-33-42(52)62-39(36-59-34-32-30-28-26-24-22-18-16-14-12-10-8-6-4-2)37-60-49-48(58)46(56)44(54)41(64-49)38-61-50-47(57)45(55)43(53)40(35-51)63-50/h39-41,43-51,53-58H,3-38H2,1-2H3. The van der Waals surface area contributed by atoms with Gasteiger partial charge in [0, 0.05) is 13.0 Å². The van der Waals surface area contributed by atoms with Gasteiger partial charge < -0.3 is 64.2 Å². The molecule has 2 rings (SSSR count). The van der Waals surface area contributed by atoms with Crippen LogP contribution in [0, 0.1) is 0 Å². The summed E-state index contributed by atoms with van der Waals surface area (Å²) >= 11 is 0. The minimum Gasteiger partial charge on any atom is -0.457 e. The van der Waals surface area contributed by atoms with Gasteiger partial charge in [-0.2, -0.15) is 0 Å². The Labute approximate surface area is 387 Å². The molecule has 2 fully saturated rings. The first-order valence-electron chi connectivity index (χ1n) is 26.1. The van der Waals surface area contributed by atoms with E-state index in [4.69, 9.17) is 28.4 Å². The molecule has 64 heavy (non-hydrogen) atoms. The molecular formula is C50H96O14. The first kappa shape index (κ1) is 59.1. The quantitative estimate of drug-likeness (QED) is 0.0231. The van der Waals surface area contributed by atoms with Crippen molar-refractivity contribution in [2.45, 2.75) is 280 Å². The Kier molecular flexibility index (Phi) is 35.9. The molecule has 11 atom stereocenters. The van der Waals surface area contributed by atoms with Gasteiger partial charge in [0.1, 0.15) is 54.9 Å². The lowest BCUT2D eigenvalue weighted by Gasteiger charge is -2.42. The Hall–Kier alpha value is -1.01. The van der Waals surface area contributed by atoms with Gasteiger partial charge in [-0.1, -0.05) is 194 Å². The van der Waals surface area contributed by atoms with Crippen LogP contribution in [-0.2, 0) is 33.2 Å². The van der Waals surface area contributed by atoms with Crippen molar-refractivity contribution in [3.05, 3.63) is 0 Å². The van der Waals surface area contributed by atoms with E-state index < -0.39 is 80.7 Å². The third-order valence-corrected chi connectivity index (χ3v) is 12.9. The van der Waals surface area contributed by atoms with Gasteiger partial charge in [0.15, 0.2) is 12.6 Å². The van der Waals surface area contributed by atoms with E-state index in [0.29, 0.717) is 6.61 Å². The van der Waals surface area contributed by atoms with Gasteiger partial charge in [-0.3, -0.25) is 4.79 Å². The van der Waals surface area contributed by atoms with Crippen molar-refractivity contribution in [1.29, 1.82) is 0 Å². The Morgan fingerprint density at radius 1 is 0.453 bits per heavy atom. The van der Waals surface area contributed by atoms with Gasteiger partial charge in [-0.25, -0.2) is 0 Å². The van der Waals surface area contributed by atoms with Crippen LogP contribution in [0.3, 0.4) is 0 Å². The smallest absolute Gasteiger partial charge is 0.306 e. The van der Waals surface area contributed by atoms with Crippen molar-refractivity contribution in [3.8, 4) is 0 Å². The van der Waals surface area contributed by atoms with Crippen LogP contribution in [0.4, 0.5) is 0 Å². The zero-order valence-corrected chi connectivity index (χ0v) is 40.3. The molecule has 0 bridgehead atoms. The highest BCUT2D eigenvalue weighted by molar-refractivity contribution is 5.69. The lowest BCUT2D eigenvalue weighted by Crippen LogP contribution is -2.61. The number of aliphatic hydroxyl groups excluding tert-OH is 7. The molecule has 11 unspecified atom stereocenters. The Morgan fingerprint density at radius 2 is 0.828 bits per heavy atom. The molecule has 0 radical (unpaired) electrons. The minimum absolute atomic E-state index is 0.0702. The van der Waals surface area contributed by atoms with Crippen LogP contribution < -0.4 is 0 Å². The van der Waals surface area contributed by atoms with E-state index in [1.54, 1.807) is 0 Å². The number of ether oxygens (including phenoxy) is 6. The Bertz CT molecular complexity index is 1070. The number of hydrogen-bond acceptors (Lipinski definition) is 14. The molecule has 380 valence electrons. The van der Waals surface area contributed by atoms with Crippen molar-refractivity contribution in [2.24, 2.45) is 0 Å². The average molecular weight is 921 g/mol. The average Bonchev–Trinajstić information content (AvgIpc) is 3.29. The lowest BCUT2D eigenvalue weighted by atomic mass is 9.98. The largest absolute Gasteiger partial charge is 0.457 e. The van der Waals surface area contributed by atoms with Crippen LogP contribution in [-0.4, -0.2) is 142 Å². The van der Waals surface area contributed by atoms with Crippen molar-refractivity contribution in [1.82, 2.24) is 0 Å². The summed E-state index contributed by atoms with van der Waals surface area (Å²) < 4.78 is 34.3. The van der Waals surface area contributed by atoms with E-state index in [9.17, 15) is 40.5 Å². The first-order chi connectivity index (χ1) is 31.1. The number of hydrogen-bond donors (Lipinski definition) is 7. The molecule has 14 heteroatoms. The SMILES string of the molecule is CCCCCCCCCCCCCCCCCCC(=O)OC(COCCCCCCCCCCCCCCCC)COC1OC(COC2OC(CO)C(O)C(O)C2O)C(O)C(O)C1O. The summed E-state index contributed by atoms with van der Waals surface area (Å²) in [6.07, 6.45) is 21.6. The zero-order valence-electron chi connectivity index (χ0n) is 40.3. The molecule has 14 nitrogen and oxygen atoms in total. The van der Waals surface area contributed by atoms with Crippen LogP contribution in [0.15, 0.2) is 0 Å². The topological polar surface area (TPSA) is 214 Å². The highest BCUT2D eigenvalue weighted by atomic mass is 16.7. The van der Waals surface area contributed by atoms with Crippen molar-refractivity contribution in [2.75, 3.05) is 33.0 Å². The highest BCUT2D eigenvalue weighted by Crippen LogP contribution is 2.26. The van der Waals surface area contributed by atoms with Gasteiger partial charge in [0.05, 0.1) is 26.4 Å². The number of unbranched alkanes of at least 4 members (excludes halogenated alkanes) is 28. The number of carbonyl (C=O) groups excluding carboxylic acids is 1. The van der Waals surface area contributed by atoms with Crippen molar-refractivity contribution >= 4 is 5.97 Å². The minimum atomic E-state index is -1.70. The summed E-state index contributed by atoms with van der Waals surface area (Å²) in [6, 6.07) is 0. The molecule has 0 amide bonds. The molecule has 2 aliphatic rings. The fraction of sp³-hybridized carbons (Fsp3) is 0.980. The van der Waals surface area contributed by atoms with E-state index in [0.717, 1.165) is 44.9 Å². The maximum atomic E-state index is 13.0. The second-order valence-corrected chi connectivity index (χ2v) is 18.7. The third-order valence-electron chi connectivity index (χ3n) is 12.9. The summed E-state index contributed by atoms with van der Waals surface area (Å²) in [4.78, 5) is 13.0.